The molecular formula is C29H30F4O2. The molecule has 35 heavy (non-hydrogen) atoms. The van der Waals surface area contributed by atoms with Crippen LogP contribution >= 0.6 is 0 Å². The Morgan fingerprint density at radius 1 is 0.886 bits per heavy atom. The van der Waals surface area contributed by atoms with Gasteiger partial charge in [0, 0.05) is 5.56 Å². The summed E-state index contributed by atoms with van der Waals surface area (Å²) >= 11 is 0. The van der Waals surface area contributed by atoms with Gasteiger partial charge >= 0.3 is 0 Å². The van der Waals surface area contributed by atoms with Crippen LogP contribution in [0.3, 0.4) is 0 Å². The van der Waals surface area contributed by atoms with Crippen LogP contribution in [0.15, 0.2) is 85.4 Å². The summed E-state index contributed by atoms with van der Waals surface area (Å²) in [5.74, 6) is -4.74. The van der Waals surface area contributed by atoms with E-state index in [-0.39, 0.29) is 24.7 Å². The van der Waals surface area contributed by atoms with E-state index in [0.717, 1.165) is 25.7 Å². The molecule has 0 bridgehead atoms. The van der Waals surface area contributed by atoms with Gasteiger partial charge in [0.1, 0.15) is 6.61 Å². The molecule has 0 radical (unpaired) electrons. The van der Waals surface area contributed by atoms with E-state index in [2.05, 4.69) is 19.7 Å². The largest absolute Gasteiger partial charge is 0.491 e. The van der Waals surface area contributed by atoms with E-state index in [4.69, 9.17) is 9.47 Å². The minimum absolute atomic E-state index is 0.00681. The average molecular weight is 487 g/mol. The fraction of sp³-hybridized carbons (Fsp3) is 0.310. The molecule has 1 aliphatic carbocycles. The van der Waals surface area contributed by atoms with Gasteiger partial charge in [0.2, 0.25) is 11.7 Å². The van der Waals surface area contributed by atoms with E-state index in [1.165, 1.54) is 0 Å². The zero-order chi connectivity index (χ0) is 25.5. The van der Waals surface area contributed by atoms with Crippen molar-refractivity contribution in [2.24, 2.45) is 5.92 Å². The molecule has 0 N–H and O–H groups in total. The van der Waals surface area contributed by atoms with Gasteiger partial charge in [-0.1, -0.05) is 55.6 Å². The molecule has 0 aliphatic heterocycles. The Kier molecular flexibility index (Phi) is 8.96. The van der Waals surface area contributed by atoms with Crippen molar-refractivity contribution in [3.05, 3.63) is 108 Å². The molecule has 3 rings (SSSR count). The van der Waals surface area contributed by atoms with Crippen molar-refractivity contribution in [2.75, 3.05) is 6.61 Å². The molecule has 0 atom stereocenters. The summed E-state index contributed by atoms with van der Waals surface area (Å²) in [5, 5.41) is 0. The molecule has 2 nitrogen and oxygen atoms in total. The van der Waals surface area contributed by atoms with Crippen LogP contribution in [0.25, 0.3) is 11.1 Å². The Hall–Kier alpha value is -3.28. The number of hydrogen-bond acceptors (Lipinski definition) is 2. The summed E-state index contributed by atoms with van der Waals surface area (Å²) in [6, 6.07) is 9.81. The minimum Gasteiger partial charge on any atom is -0.491 e. The van der Waals surface area contributed by atoms with Crippen LogP contribution in [-0.4, -0.2) is 6.61 Å². The van der Waals surface area contributed by atoms with Crippen molar-refractivity contribution in [1.29, 1.82) is 0 Å². The zero-order valence-electron chi connectivity index (χ0n) is 19.9. The van der Waals surface area contributed by atoms with Crippen LogP contribution in [0.1, 0.15) is 49.7 Å². The average Bonchev–Trinajstić information content (AvgIpc) is 2.88. The summed E-state index contributed by atoms with van der Waals surface area (Å²) in [5.41, 5.74) is 1.69. The second-order valence-corrected chi connectivity index (χ2v) is 8.57. The van der Waals surface area contributed by atoms with Crippen LogP contribution in [0, 0.1) is 17.6 Å². The standard InChI is InChI=1S/C29H30F4O2/c1-5-20-7-11-22(12-8-20)24-15-16-25(29(33)28(24)32)23-13-9-21(10-14-23)17-35-19(4)27(31)26(30)18(3)34-6-2/h5,9-10,13-16,20,22H,1,3-4,6-8,11-12,17H2,2H3/b27-26-. The number of ether oxygens (including phenoxy) is 2. The molecule has 1 aliphatic rings. The lowest BCUT2D eigenvalue weighted by Gasteiger charge is -2.27. The van der Waals surface area contributed by atoms with Gasteiger partial charge < -0.3 is 9.47 Å². The summed E-state index contributed by atoms with van der Waals surface area (Å²) in [4.78, 5) is 0. The number of rotatable bonds is 10. The topological polar surface area (TPSA) is 18.5 Å². The summed E-state index contributed by atoms with van der Waals surface area (Å²) in [7, 11) is 0. The molecular weight excluding hydrogens is 456 g/mol. The van der Waals surface area contributed by atoms with E-state index in [1.807, 2.05) is 6.08 Å². The highest BCUT2D eigenvalue weighted by Crippen LogP contribution is 2.39. The van der Waals surface area contributed by atoms with E-state index >= 15 is 0 Å². The number of hydrogen-bond donors (Lipinski definition) is 0. The first-order valence-corrected chi connectivity index (χ1v) is 11.7. The second kappa shape index (κ2) is 11.9. The zero-order valence-corrected chi connectivity index (χ0v) is 19.9. The lowest BCUT2D eigenvalue weighted by molar-refractivity contribution is 0.189. The molecule has 2 aromatic carbocycles. The van der Waals surface area contributed by atoms with Gasteiger partial charge in [0.15, 0.2) is 23.2 Å². The van der Waals surface area contributed by atoms with Crippen molar-refractivity contribution < 1.29 is 27.0 Å². The Morgan fingerprint density at radius 3 is 2.06 bits per heavy atom. The van der Waals surface area contributed by atoms with Crippen LogP contribution in [0.5, 0.6) is 0 Å². The van der Waals surface area contributed by atoms with E-state index in [0.29, 0.717) is 22.6 Å². The molecule has 0 saturated heterocycles. The third kappa shape index (κ3) is 6.24. The maximum absolute atomic E-state index is 15.0. The lowest BCUT2D eigenvalue weighted by Crippen LogP contribution is -2.13. The van der Waals surface area contributed by atoms with E-state index < -0.39 is 34.8 Å². The minimum atomic E-state index is -1.30. The quantitative estimate of drug-likeness (QED) is 0.145. The van der Waals surface area contributed by atoms with Crippen molar-refractivity contribution in [1.82, 2.24) is 0 Å². The first-order chi connectivity index (χ1) is 16.8. The SMILES string of the molecule is C=CC1CCC(c2ccc(-c3ccc(COC(=C)/C(F)=C(/F)C(=C)OCC)cc3)c(F)c2F)CC1. The fourth-order valence-corrected chi connectivity index (χ4v) is 4.27. The van der Waals surface area contributed by atoms with Crippen molar-refractivity contribution >= 4 is 0 Å². The third-order valence-corrected chi connectivity index (χ3v) is 6.34. The van der Waals surface area contributed by atoms with Gasteiger partial charge in [-0.05, 0) is 61.1 Å². The third-order valence-electron chi connectivity index (χ3n) is 6.34. The molecule has 0 heterocycles. The summed E-state index contributed by atoms with van der Waals surface area (Å²) in [6.07, 6.45) is 5.42. The maximum atomic E-state index is 15.0. The first kappa shape index (κ1) is 26.3. The Bertz CT molecular complexity index is 1110. The lowest BCUT2D eigenvalue weighted by atomic mass is 9.78. The van der Waals surface area contributed by atoms with E-state index in [9.17, 15) is 17.6 Å². The van der Waals surface area contributed by atoms with Gasteiger partial charge in [0.05, 0.1) is 6.61 Å². The highest BCUT2D eigenvalue weighted by Gasteiger charge is 2.25. The molecule has 186 valence electrons. The molecule has 0 spiro atoms. The highest BCUT2D eigenvalue weighted by atomic mass is 19.2. The smallest absolute Gasteiger partial charge is 0.203 e. The van der Waals surface area contributed by atoms with Crippen LogP contribution in [0.2, 0.25) is 0 Å². The maximum Gasteiger partial charge on any atom is 0.203 e. The van der Waals surface area contributed by atoms with Crippen molar-refractivity contribution in [3.63, 3.8) is 0 Å². The first-order valence-electron chi connectivity index (χ1n) is 11.7. The van der Waals surface area contributed by atoms with E-state index in [1.54, 1.807) is 43.3 Å². The van der Waals surface area contributed by atoms with Crippen LogP contribution in [-0.2, 0) is 16.1 Å². The molecule has 1 saturated carbocycles. The van der Waals surface area contributed by atoms with Gasteiger partial charge in [-0.2, -0.15) is 8.78 Å². The van der Waals surface area contributed by atoms with Gasteiger partial charge in [-0.3, -0.25) is 0 Å². The van der Waals surface area contributed by atoms with Crippen LogP contribution in [0.4, 0.5) is 17.6 Å². The Labute approximate surface area is 204 Å². The molecule has 1 fully saturated rings. The van der Waals surface area contributed by atoms with Gasteiger partial charge in [-0.15, -0.1) is 6.58 Å². The number of allylic oxidation sites excluding steroid dienone is 3. The highest BCUT2D eigenvalue weighted by molar-refractivity contribution is 5.65. The predicted molar refractivity (Wildman–Crippen MR) is 131 cm³/mol. The molecule has 0 amide bonds. The fourth-order valence-electron chi connectivity index (χ4n) is 4.27. The normalized spacial score (nSPS) is 18.4. The molecule has 0 aromatic heterocycles. The van der Waals surface area contributed by atoms with Crippen molar-refractivity contribution in [2.45, 2.75) is 45.1 Å². The van der Waals surface area contributed by atoms with Gasteiger partial charge in [0.25, 0.3) is 0 Å². The van der Waals surface area contributed by atoms with Gasteiger partial charge in [-0.25, -0.2) is 8.78 Å². The Balaban J connectivity index is 1.67. The van der Waals surface area contributed by atoms with Crippen LogP contribution < -0.4 is 0 Å². The number of benzene rings is 2. The monoisotopic (exact) mass is 486 g/mol. The molecule has 6 heteroatoms. The molecule has 2 aromatic rings. The number of halogens is 4. The second-order valence-electron chi connectivity index (χ2n) is 8.57. The predicted octanol–water partition coefficient (Wildman–Crippen LogP) is 8.82. The van der Waals surface area contributed by atoms with Crippen molar-refractivity contribution in [3.8, 4) is 11.1 Å². The Morgan fingerprint density at radius 2 is 1.49 bits per heavy atom. The summed E-state index contributed by atoms with van der Waals surface area (Å²) < 4.78 is 68.0. The molecule has 0 unspecified atom stereocenters. The summed E-state index contributed by atoms with van der Waals surface area (Å²) in [6.45, 7) is 12.2.